The van der Waals surface area contributed by atoms with Crippen LogP contribution < -0.4 is 10.6 Å². The lowest BCUT2D eigenvalue weighted by molar-refractivity contribution is 0.615. The SMILES string of the molecule is Cl.c1cc2cncc(NC3CCNC3)c2o1. The van der Waals surface area contributed by atoms with Gasteiger partial charge in [0.2, 0.25) is 0 Å². The van der Waals surface area contributed by atoms with Crippen LogP contribution >= 0.6 is 12.4 Å². The first kappa shape index (κ1) is 11.2. The Labute approximate surface area is 99.8 Å². The lowest BCUT2D eigenvalue weighted by Gasteiger charge is -2.12. The molecule has 0 bridgehead atoms. The normalized spacial score (nSPS) is 19.6. The maximum absolute atomic E-state index is 5.44. The Morgan fingerprint density at radius 2 is 2.38 bits per heavy atom. The number of pyridine rings is 1. The predicted octanol–water partition coefficient (Wildman–Crippen LogP) is 2.02. The van der Waals surface area contributed by atoms with Gasteiger partial charge in [0.15, 0.2) is 5.58 Å². The number of furan rings is 1. The molecule has 2 N–H and O–H groups in total. The highest BCUT2D eigenvalue weighted by molar-refractivity contribution is 5.87. The number of nitrogens with zero attached hydrogens (tertiary/aromatic N) is 1. The molecule has 0 aliphatic carbocycles. The van der Waals surface area contributed by atoms with Gasteiger partial charge in [-0.25, -0.2) is 0 Å². The number of rotatable bonds is 2. The predicted molar refractivity (Wildman–Crippen MR) is 66.2 cm³/mol. The first-order valence-electron chi connectivity index (χ1n) is 5.22. The first-order valence-corrected chi connectivity index (χ1v) is 5.22. The minimum atomic E-state index is 0. The van der Waals surface area contributed by atoms with E-state index in [-0.39, 0.29) is 12.4 Å². The molecule has 1 saturated heterocycles. The molecule has 5 heteroatoms. The van der Waals surface area contributed by atoms with Crippen LogP contribution in [0.2, 0.25) is 0 Å². The summed E-state index contributed by atoms with van der Waals surface area (Å²) in [5.74, 6) is 0. The van der Waals surface area contributed by atoms with Gasteiger partial charge in [-0.2, -0.15) is 0 Å². The monoisotopic (exact) mass is 239 g/mol. The van der Waals surface area contributed by atoms with Crippen molar-refractivity contribution >= 4 is 29.1 Å². The van der Waals surface area contributed by atoms with Crippen LogP contribution in [0.3, 0.4) is 0 Å². The van der Waals surface area contributed by atoms with Crippen molar-refractivity contribution in [2.24, 2.45) is 0 Å². The Hall–Kier alpha value is -1.26. The van der Waals surface area contributed by atoms with Gasteiger partial charge >= 0.3 is 0 Å². The second-order valence-electron chi connectivity index (χ2n) is 3.86. The van der Waals surface area contributed by atoms with Gasteiger partial charge in [-0.05, 0) is 19.0 Å². The molecule has 2 aromatic rings. The van der Waals surface area contributed by atoms with Gasteiger partial charge in [0.05, 0.1) is 18.1 Å². The molecule has 0 saturated carbocycles. The van der Waals surface area contributed by atoms with E-state index in [0.29, 0.717) is 6.04 Å². The van der Waals surface area contributed by atoms with Crippen LogP contribution in [0.25, 0.3) is 11.0 Å². The van der Waals surface area contributed by atoms with Crippen molar-refractivity contribution in [3.63, 3.8) is 0 Å². The van der Waals surface area contributed by atoms with Crippen molar-refractivity contribution in [1.82, 2.24) is 10.3 Å². The summed E-state index contributed by atoms with van der Waals surface area (Å²) in [5.41, 5.74) is 1.89. The Bertz CT molecular complexity index is 465. The summed E-state index contributed by atoms with van der Waals surface area (Å²) in [6.07, 6.45) is 6.49. The van der Waals surface area contributed by atoms with E-state index in [0.717, 1.165) is 36.2 Å². The average molecular weight is 240 g/mol. The largest absolute Gasteiger partial charge is 0.462 e. The molecule has 0 spiro atoms. The summed E-state index contributed by atoms with van der Waals surface area (Å²) < 4.78 is 5.44. The molecule has 2 aromatic heterocycles. The molecule has 16 heavy (non-hydrogen) atoms. The minimum Gasteiger partial charge on any atom is -0.462 e. The second-order valence-corrected chi connectivity index (χ2v) is 3.86. The zero-order chi connectivity index (χ0) is 10.1. The molecule has 1 atom stereocenters. The maximum Gasteiger partial charge on any atom is 0.160 e. The van der Waals surface area contributed by atoms with Crippen molar-refractivity contribution in [2.75, 3.05) is 18.4 Å². The van der Waals surface area contributed by atoms with Gasteiger partial charge in [-0.1, -0.05) is 0 Å². The molecule has 4 nitrogen and oxygen atoms in total. The van der Waals surface area contributed by atoms with Crippen LogP contribution in [0.5, 0.6) is 0 Å². The number of nitrogens with one attached hydrogen (secondary N) is 2. The average Bonchev–Trinajstić information content (AvgIpc) is 2.87. The highest BCUT2D eigenvalue weighted by Crippen LogP contribution is 2.23. The second kappa shape index (κ2) is 4.72. The Balaban J connectivity index is 0.000000963. The van der Waals surface area contributed by atoms with Gasteiger partial charge in [0, 0.05) is 24.2 Å². The smallest absolute Gasteiger partial charge is 0.160 e. The first-order chi connectivity index (χ1) is 7.43. The number of anilines is 1. The third-order valence-corrected chi connectivity index (χ3v) is 2.78. The molecule has 1 fully saturated rings. The molecule has 0 aromatic carbocycles. The van der Waals surface area contributed by atoms with E-state index in [2.05, 4.69) is 15.6 Å². The zero-order valence-electron chi connectivity index (χ0n) is 8.77. The van der Waals surface area contributed by atoms with Crippen LogP contribution in [-0.4, -0.2) is 24.1 Å². The summed E-state index contributed by atoms with van der Waals surface area (Å²) in [6, 6.07) is 2.42. The molecule has 1 unspecified atom stereocenters. The fraction of sp³-hybridized carbons (Fsp3) is 0.364. The highest BCUT2D eigenvalue weighted by atomic mass is 35.5. The molecule has 1 aliphatic rings. The van der Waals surface area contributed by atoms with E-state index in [9.17, 15) is 0 Å². The van der Waals surface area contributed by atoms with Crippen molar-refractivity contribution < 1.29 is 4.42 Å². The summed E-state index contributed by atoms with van der Waals surface area (Å²) in [5, 5.41) is 7.82. The van der Waals surface area contributed by atoms with Gasteiger partial charge in [0.1, 0.15) is 0 Å². The summed E-state index contributed by atoms with van der Waals surface area (Å²) in [6.45, 7) is 2.09. The van der Waals surface area contributed by atoms with Crippen molar-refractivity contribution in [1.29, 1.82) is 0 Å². The fourth-order valence-electron chi connectivity index (χ4n) is 1.99. The Morgan fingerprint density at radius 3 is 3.19 bits per heavy atom. The molecule has 3 heterocycles. The number of hydrogen-bond donors (Lipinski definition) is 2. The lowest BCUT2D eigenvalue weighted by Crippen LogP contribution is -2.22. The molecular weight excluding hydrogens is 226 g/mol. The number of aromatic nitrogens is 1. The summed E-state index contributed by atoms with van der Waals surface area (Å²) in [7, 11) is 0. The molecule has 0 amide bonds. The van der Waals surface area contributed by atoms with E-state index in [1.54, 1.807) is 6.26 Å². The molecular formula is C11H14ClN3O. The van der Waals surface area contributed by atoms with Crippen molar-refractivity contribution in [3.8, 4) is 0 Å². The van der Waals surface area contributed by atoms with Crippen LogP contribution in [-0.2, 0) is 0 Å². The van der Waals surface area contributed by atoms with E-state index in [4.69, 9.17) is 4.42 Å². The van der Waals surface area contributed by atoms with Crippen LogP contribution in [0.1, 0.15) is 6.42 Å². The van der Waals surface area contributed by atoms with E-state index in [1.165, 1.54) is 0 Å². The molecule has 86 valence electrons. The summed E-state index contributed by atoms with van der Waals surface area (Å²) in [4.78, 5) is 4.18. The molecule has 0 radical (unpaired) electrons. The van der Waals surface area contributed by atoms with Gasteiger partial charge < -0.3 is 15.1 Å². The van der Waals surface area contributed by atoms with Crippen LogP contribution in [0, 0.1) is 0 Å². The lowest BCUT2D eigenvalue weighted by atomic mass is 10.2. The van der Waals surface area contributed by atoms with Crippen molar-refractivity contribution in [2.45, 2.75) is 12.5 Å². The standard InChI is InChI=1S/C11H13N3O.ClH/c1-3-12-6-9(1)14-10-7-13-5-8-2-4-15-11(8)10;/h2,4-5,7,9,12,14H,1,3,6H2;1H. The third kappa shape index (κ3) is 1.99. The highest BCUT2D eigenvalue weighted by Gasteiger charge is 2.15. The van der Waals surface area contributed by atoms with Gasteiger partial charge in [-0.15, -0.1) is 12.4 Å². The quantitative estimate of drug-likeness (QED) is 0.842. The zero-order valence-corrected chi connectivity index (χ0v) is 9.59. The van der Waals surface area contributed by atoms with Crippen LogP contribution in [0.15, 0.2) is 29.1 Å². The number of halogens is 1. The Morgan fingerprint density at radius 1 is 1.44 bits per heavy atom. The maximum atomic E-state index is 5.44. The molecule has 3 rings (SSSR count). The van der Waals surface area contributed by atoms with E-state index < -0.39 is 0 Å². The number of fused-ring (bicyclic) bond motifs is 1. The van der Waals surface area contributed by atoms with Gasteiger partial charge in [-0.3, -0.25) is 4.98 Å². The summed E-state index contributed by atoms with van der Waals surface area (Å²) >= 11 is 0. The van der Waals surface area contributed by atoms with E-state index in [1.807, 2.05) is 18.5 Å². The topological polar surface area (TPSA) is 50.1 Å². The fourth-order valence-corrected chi connectivity index (χ4v) is 1.99. The van der Waals surface area contributed by atoms with Crippen molar-refractivity contribution in [3.05, 3.63) is 24.7 Å². The van der Waals surface area contributed by atoms with Gasteiger partial charge in [0.25, 0.3) is 0 Å². The number of hydrogen-bond acceptors (Lipinski definition) is 4. The molecule has 1 aliphatic heterocycles. The van der Waals surface area contributed by atoms with E-state index >= 15 is 0 Å². The minimum absolute atomic E-state index is 0. The van der Waals surface area contributed by atoms with Crippen LogP contribution in [0.4, 0.5) is 5.69 Å². The Kier molecular flexibility index (Phi) is 3.31. The third-order valence-electron chi connectivity index (χ3n) is 2.78.